The van der Waals surface area contributed by atoms with Gasteiger partial charge in [-0.1, -0.05) is 18.2 Å². The van der Waals surface area contributed by atoms with Crippen LogP contribution in [0.4, 0.5) is 5.69 Å². The second kappa shape index (κ2) is 5.65. The summed E-state index contributed by atoms with van der Waals surface area (Å²) in [5.74, 6) is 0.341. The van der Waals surface area contributed by atoms with Crippen LogP contribution in [-0.2, 0) is 6.61 Å². The number of benzene rings is 2. The SMILES string of the molecule is Cc1cc(N)cc(C)c1OCc1ccccc1C(N)=O. The Morgan fingerprint density at radius 1 is 1.15 bits per heavy atom. The zero-order valence-electron chi connectivity index (χ0n) is 11.6. The number of carbonyl (C=O) groups excluding carboxylic acids is 1. The highest BCUT2D eigenvalue weighted by atomic mass is 16.5. The molecular weight excluding hydrogens is 252 g/mol. The Kier molecular flexibility index (Phi) is 3.94. The lowest BCUT2D eigenvalue weighted by atomic mass is 10.1. The average Bonchev–Trinajstić information content (AvgIpc) is 2.37. The van der Waals surface area contributed by atoms with Crippen molar-refractivity contribution in [1.29, 1.82) is 0 Å². The van der Waals surface area contributed by atoms with Gasteiger partial charge in [0.05, 0.1) is 0 Å². The first-order valence-corrected chi connectivity index (χ1v) is 6.36. The highest BCUT2D eigenvalue weighted by Gasteiger charge is 2.10. The van der Waals surface area contributed by atoms with Gasteiger partial charge in [-0.15, -0.1) is 0 Å². The van der Waals surface area contributed by atoms with Crippen LogP contribution >= 0.6 is 0 Å². The van der Waals surface area contributed by atoms with Crippen molar-refractivity contribution in [2.24, 2.45) is 5.73 Å². The molecule has 0 spiro atoms. The van der Waals surface area contributed by atoms with Crippen molar-refractivity contribution in [3.8, 4) is 5.75 Å². The molecule has 0 radical (unpaired) electrons. The van der Waals surface area contributed by atoms with E-state index in [1.807, 2.05) is 38.1 Å². The van der Waals surface area contributed by atoms with Crippen molar-refractivity contribution in [2.45, 2.75) is 20.5 Å². The third kappa shape index (κ3) is 2.91. The molecular formula is C16H18N2O2. The molecule has 104 valence electrons. The summed E-state index contributed by atoms with van der Waals surface area (Å²) in [5, 5.41) is 0. The number of amides is 1. The molecule has 0 saturated heterocycles. The van der Waals surface area contributed by atoms with E-state index in [1.54, 1.807) is 12.1 Å². The molecule has 2 aromatic rings. The molecule has 0 bridgehead atoms. The van der Waals surface area contributed by atoms with Crippen molar-refractivity contribution in [2.75, 3.05) is 5.73 Å². The Bertz CT molecular complexity index is 628. The summed E-state index contributed by atoms with van der Waals surface area (Å²) in [6.45, 7) is 4.18. The second-order valence-electron chi connectivity index (χ2n) is 4.79. The second-order valence-corrected chi connectivity index (χ2v) is 4.79. The molecule has 4 N–H and O–H groups in total. The van der Waals surface area contributed by atoms with Gasteiger partial charge in [-0.25, -0.2) is 0 Å². The molecule has 0 aliphatic rings. The molecule has 1 amide bonds. The fourth-order valence-electron chi connectivity index (χ4n) is 2.25. The van der Waals surface area contributed by atoms with Gasteiger partial charge in [-0.3, -0.25) is 4.79 Å². The van der Waals surface area contributed by atoms with E-state index < -0.39 is 5.91 Å². The number of anilines is 1. The first-order chi connectivity index (χ1) is 9.49. The molecule has 0 aliphatic carbocycles. The molecule has 4 nitrogen and oxygen atoms in total. The number of hydrogen-bond donors (Lipinski definition) is 2. The molecule has 4 heteroatoms. The zero-order chi connectivity index (χ0) is 14.7. The third-order valence-corrected chi connectivity index (χ3v) is 3.14. The first kappa shape index (κ1) is 13.9. The summed E-state index contributed by atoms with van der Waals surface area (Å²) >= 11 is 0. The van der Waals surface area contributed by atoms with Crippen molar-refractivity contribution in [3.63, 3.8) is 0 Å². The largest absolute Gasteiger partial charge is 0.488 e. The maximum absolute atomic E-state index is 11.4. The van der Waals surface area contributed by atoms with E-state index >= 15 is 0 Å². The summed E-state index contributed by atoms with van der Waals surface area (Å²) in [7, 11) is 0. The van der Waals surface area contributed by atoms with Crippen LogP contribution in [0.15, 0.2) is 36.4 Å². The van der Waals surface area contributed by atoms with Crippen molar-refractivity contribution in [1.82, 2.24) is 0 Å². The van der Waals surface area contributed by atoms with Crippen molar-refractivity contribution >= 4 is 11.6 Å². The Morgan fingerprint density at radius 2 is 1.75 bits per heavy atom. The van der Waals surface area contributed by atoms with E-state index in [0.717, 1.165) is 22.4 Å². The van der Waals surface area contributed by atoms with Gasteiger partial charge >= 0.3 is 0 Å². The minimum Gasteiger partial charge on any atom is -0.488 e. The van der Waals surface area contributed by atoms with Crippen LogP contribution < -0.4 is 16.2 Å². The normalized spacial score (nSPS) is 10.3. The van der Waals surface area contributed by atoms with E-state index in [4.69, 9.17) is 16.2 Å². The molecule has 20 heavy (non-hydrogen) atoms. The Hall–Kier alpha value is -2.49. The molecule has 0 aromatic heterocycles. The fraction of sp³-hybridized carbons (Fsp3) is 0.188. The van der Waals surface area contributed by atoms with Gasteiger partial charge in [-0.2, -0.15) is 0 Å². The van der Waals surface area contributed by atoms with Crippen LogP contribution in [-0.4, -0.2) is 5.91 Å². The van der Waals surface area contributed by atoms with Crippen LogP contribution in [0.2, 0.25) is 0 Å². The van der Waals surface area contributed by atoms with E-state index in [1.165, 1.54) is 0 Å². The first-order valence-electron chi connectivity index (χ1n) is 6.36. The number of primary amides is 1. The molecule has 0 heterocycles. The van der Waals surface area contributed by atoms with Crippen LogP contribution in [0.3, 0.4) is 0 Å². The molecule has 0 fully saturated rings. The van der Waals surface area contributed by atoms with E-state index in [-0.39, 0.29) is 0 Å². The number of hydrogen-bond acceptors (Lipinski definition) is 3. The van der Waals surface area contributed by atoms with Crippen molar-refractivity contribution < 1.29 is 9.53 Å². The lowest BCUT2D eigenvalue weighted by Gasteiger charge is -2.14. The third-order valence-electron chi connectivity index (χ3n) is 3.14. The molecule has 2 rings (SSSR count). The molecule has 0 aliphatic heterocycles. The molecule has 2 aromatic carbocycles. The number of nitrogens with two attached hydrogens (primary N) is 2. The number of aryl methyl sites for hydroxylation is 2. The van der Waals surface area contributed by atoms with Crippen LogP contribution in [0.25, 0.3) is 0 Å². The predicted octanol–water partition coefficient (Wildman–Crippen LogP) is 2.56. The monoisotopic (exact) mass is 270 g/mol. The summed E-state index contributed by atoms with van der Waals surface area (Å²) in [5.41, 5.74) is 15.0. The highest BCUT2D eigenvalue weighted by molar-refractivity contribution is 5.94. The van der Waals surface area contributed by atoms with E-state index in [9.17, 15) is 4.79 Å². The summed E-state index contributed by atoms with van der Waals surface area (Å²) in [4.78, 5) is 11.4. The lowest BCUT2D eigenvalue weighted by molar-refractivity contribution is 0.0998. The molecule has 0 unspecified atom stereocenters. The smallest absolute Gasteiger partial charge is 0.249 e. The van der Waals surface area contributed by atoms with Crippen LogP contribution in [0.1, 0.15) is 27.0 Å². The van der Waals surface area contributed by atoms with Gasteiger partial charge in [0.1, 0.15) is 12.4 Å². The summed E-state index contributed by atoms with van der Waals surface area (Å²) in [6.07, 6.45) is 0. The van der Waals surface area contributed by atoms with Gasteiger partial charge < -0.3 is 16.2 Å². The summed E-state index contributed by atoms with van der Waals surface area (Å²) in [6, 6.07) is 10.9. The summed E-state index contributed by atoms with van der Waals surface area (Å²) < 4.78 is 5.84. The van der Waals surface area contributed by atoms with Gasteiger partial charge in [-0.05, 0) is 43.2 Å². The topological polar surface area (TPSA) is 78.3 Å². The number of ether oxygens (including phenoxy) is 1. The zero-order valence-corrected chi connectivity index (χ0v) is 11.6. The van der Waals surface area contributed by atoms with Gasteiger partial charge in [0.25, 0.3) is 0 Å². The Balaban J connectivity index is 2.24. The maximum atomic E-state index is 11.4. The maximum Gasteiger partial charge on any atom is 0.249 e. The van der Waals surface area contributed by atoms with Gasteiger partial charge in [0, 0.05) is 16.8 Å². The quantitative estimate of drug-likeness (QED) is 0.838. The Labute approximate surface area is 118 Å². The van der Waals surface area contributed by atoms with Crippen LogP contribution in [0, 0.1) is 13.8 Å². The molecule has 0 atom stereocenters. The number of rotatable bonds is 4. The van der Waals surface area contributed by atoms with Gasteiger partial charge in [0.2, 0.25) is 5.91 Å². The van der Waals surface area contributed by atoms with E-state index in [2.05, 4.69) is 0 Å². The van der Waals surface area contributed by atoms with Crippen molar-refractivity contribution in [3.05, 3.63) is 58.7 Å². The fourth-order valence-corrected chi connectivity index (χ4v) is 2.25. The Morgan fingerprint density at radius 3 is 2.35 bits per heavy atom. The minimum atomic E-state index is -0.449. The standard InChI is InChI=1S/C16H18N2O2/c1-10-7-13(17)8-11(2)15(10)20-9-12-5-3-4-6-14(12)16(18)19/h3-8H,9,17H2,1-2H3,(H2,18,19). The molecule has 0 saturated carbocycles. The highest BCUT2D eigenvalue weighted by Crippen LogP contribution is 2.27. The van der Waals surface area contributed by atoms with E-state index in [0.29, 0.717) is 17.9 Å². The lowest BCUT2D eigenvalue weighted by Crippen LogP contribution is -2.14. The minimum absolute atomic E-state index is 0.296. The van der Waals surface area contributed by atoms with Crippen LogP contribution in [0.5, 0.6) is 5.75 Å². The number of nitrogen functional groups attached to an aromatic ring is 1. The van der Waals surface area contributed by atoms with Gasteiger partial charge in [0.15, 0.2) is 0 Å². The predicted molar refractivity (Wildman–Crippen MR) is 79.6 cm³/mol. The number of carbonyl (C=O) groups is 1. The average molecular weight is 270 g/mol.